The molecule has 1 aliphatic carbocycles. The predicted octanol–water partition coefficient (Wildman–Crippen LogP) is 1.54. The van der Waals surface area contributed by atoms with Crippen molar-refractivity contribution in [3.05, 3.63) is 0 Å². The summed E-state index contributed by atoms with van der Waals surface area (Å²) in [5.41, 5.74) is 0. The van der Waals surface area contributed by atoms with E-state index in [0.29, 0.717) is 18.9 Å². The second-order valence-electron chi connectivity index (χ2n) is 3.46. The molecular weight excluding hydrogens is 210 g/mol. The van der Waals surface area contributed by atoms with E-state index in [9.17, 15) is 8.42 Å². The zero-order valence-corrected chi connectivity index (χ0v) is 9.59. The second kappa shape index (κ2) is 5.83. The average Bonchev–Trinajstić information content (AvgIpc) is 1.82. The van der Waals surface area contributed by atoms with E-state index in [1.807, 2.05) is 6.92 Å². The van der Waals surface area contributed by atoms with E-state index in [1.54, 1.807) is 0 Å². The van der Waals surface area contributed by atoms with Gasteiger partial charge in [0.15, 0.2) is 0 Å². The fraction of sp³-hybridized carbons (Fsp3) is 1.00. The zero-order chi connectivity index (χ0) is 9.03. The van der Waals surface area contributed by atoms with Crippen LogP contribution >= 0.6 is 12.4 Å². The number of nitrogens with one attached hydrogen (secondary N) is 1. The first kappa shape index (κ1) is 13.2. The van der Waals surface area contributed by atoms with Crippen LogP contribution in [0, 0.1) is 5.92 Å². The fourth-order valence-corrected chi connectivity index (χ4v) is 2.45. The van der Waals surface area contributed by atoms with Crippen LogP contribution in [0.1, 0.15) is 32.6 Å². The van der Waals surface area contributed by atoms with Crippen LogP contribution in [0.15, 0.2) is 0 Å². The van der Waals surface area contributed by atoms with Crippen LogP contribution in [-0.4, -0.2) is 20.7 Å². The molecule has 0 aromatic rings. The third-order valence-electron chi connectivity index (χ3n) is 2.29. The molecule has 0 spiro atoms. The lowest BCUT2D eigenvalue weighted by atomic mass is 9.86. The van der Waals surface area contributed by atoms with Crippen LogP contribution < -0.4 is 4.72 Å². The highest BCUT2D eigenvalue weighted by Crippen LogP contribution is 2.25. The van der Waals surface area contributed by atoms with Gasteiger partial charge in [-0.2, -0.15) is 0 Å². The van der Waals surface area contributed by atoms with E-state index >= 15 is 0 Å². The van der Waals surface area contributed by atoms with E-state index in [2.05, 4.69) is 4.72 Å². The first-order valence-corrected chi connectivity index (χ1v) is 6.26. The van der Waals surface area contributed by atoms with E-state index in [1.165, 1.54) is 19.3 Å². The van der Waals surface area contributed by atoms with Gasteiger partial charge < -0.3 is 0 Å². The summed E-state index contributed by atoms with van der Waals surface area (Å²) in [6, 6.07) is 0. The summed E-state index contributed by atoms with van der Waals surface area (Å²) < 4.78 is 25.0. The van der Waals surface area contributed by atoms with E-state index in [-0.39, 0.29) is 18.2 Å². The van der Waals surface area contributed by atoms with Gasteiger partial charge in [-0.15, -0.1) is 12.4 Å². The minimum absolute atomic E-state index is 0. The van der Waals surface area contributed by atoms with Crippen molar-refractivity contribution in [2.75, 3.05) is 12.3 Å². The number of rotatable bonds is 5. The Kier molecular flexibility index (Phi) is 5.92. The molecule has 1 rings (SSSR count). The lowest BCUT2D eigenvalue weighted by Crippen LogP contribution is -2.33. The molecule has 0 unspecified atom stereocenters. The molecular formula is C8H18ClNO2S. The summed E-state index contributed by atoms with van der Waals surface area (Å²) in [4.78, 5) is 0. The molecule has 0 aromatic carbocycles. The van der Waals surface area contributed by atoms with Gasteiger partial charge in [0.2, 0.25) is 10.0 Å². The lowest BCUT2D eigenvalue weighted by Gasteiger charge is -2.25. The van der Waals surface area contributed by atoms with Crippen molar-refractivity contribution in [3.63, 3.8) is 0 Å². The number of hydrogen-bond acceptors (Lipinski definition) is 2. The first-order chi connectivity index (χ1) is 5.64. The van der Waals surface area contributed by atoms with Gasteiger partial charge in [0.1, 0.15) is 0 Å². The minimum atomic E-state index is -2.95. The molecule has 0 aromatic heterocycles. The summed E-state index contributed by atoms with van der Waals surface area (Å²) >= 11 is 0. The standard InChI is InChI=1S/C8H17NO2S.ClH/c1-2-6-12(10,11)9-7-8-4-3-5-8;/h8-9H,2-7H2,1H3;1H. The van der Waals surface area contributed by atoms with Crippen LogP contribution in [0.2, 0.25) is 0 Å². The Balaban J connectivity index is 0.00000144. The molecule has 0 saturated heterocycles. The fourth-order valence-electron chi connectivity index (χ4n) is 1.28. The highest BCUT2D eigenvalue weighted by molar-refractivity contribution is 7.89. The molecule has 80 valence electrons. The van der Waals surface area contributed by atoms with E-state index in [0.717, 1.165) is 0 Å². The summed E-state index contributed by atoms with van der Waals surface area (Å²) in [6.07, 6.45) is 4.34. The summed E-state index contributed by atoms with van der Waals surface area (Å²) in [5, 5.41) is 0. The third kappa shape index (κ3) is 4.84. The second-order valence-corrected chi connectivity index (χ2v) is 5.39. The van der Waals surface area contributed by atoms with Crippen molar-refractivity contribution in [3.8, 4) is 0 Å². The number of halogens is 1. The van der Waals surface area contributed by atoms with Crippen LogP contribution in [0.25, 0.3) is 0 Å². The SMILES string of the molecule is CCCS(=O)(=O)NCC1CCC1.Cl. The Hall–Kier alpha value is 0.200. The minimum Gasteiger partial charge on any atom is -0.215 e. The summed E-state index contributed by atoms with van der Waals surface area (Å²) in [5.74, 6) is 0.872. The molecule has 1 N–H and O–H groups in total. The molecule has 0 aliphatic heterocycles. The maximum absolute atomic E-state index is 11.2. The largest absolute Gasteiger partial charge is 0.215 e. The average molecular weight is 228 g/mol. The molecule has 0 bridgehead atoms. The molecule has 1 saturated carbocycles. The third-order valence-corrected chi connectivity index (χ3v) is 3.84. The van der Waals surface area contributed by atoms with Crippen LogP contribution in [0.3, 0.4) is 0 Å². The molecule has 13 heavy (non-hydrogen) atoms. The van der Waals surface area contributed by atoms with Crippen molar-refractivity contribution in [2.45, 2.75) is 32.6 Å². The highest BCUT2D eigenvalue weighted by Gasteiger charge is 2.19. The quantitative estimate of drug-likeness (QED) is 0.775. The van der Waals surface area contributed by atoms with Crippen LogP contribution in [0.4, 0.5) is 0 Å². The van der Waals surface area contributed by atoms with Crippen molar-refractivity contribution in [1.29, 1.82) is 0 Å². The number of hydrogen-bond donors (Lipinski definition) is 1. The van der Waals surface area contributed by atoms with Crippen LogP contribution in [-0.2, 0) is 10.0 Å². The van der Waals surface area contributed by atoms with Crippen molar-refractivity contribution >= 4 is 22.4 Å². The molecule has 1 aliphatic rings. The highest BCUT2D eigenvalue weighted by atomic mass is 35.5. The topological polar surface area (TPSA) is 46.2 Å². The Morgan fingerprint density at radius 3 is 2.38 bits per heavy atom. The molecule has 5 heteroatoms. The van der Waals surface area contributed by atoms with E-state index in [4.69, 9.17) is 0 Å². The maximum atomic E-state index is 11.2. The monoisotopic (exact) mass is 227 g/mol. The maximum Gasteiger partial charge on any atom is 0.211 e. The predicted molar refractivity (Wildman–Crippen MR) is 56.7 cm³/mol. The van der Waals surface area contributed by atoms with Gasteiger partial charge in [0, 0.05) is 6.54 Å². The molecule has 3 nitrogen and oxygen atoms in total. The van der Waals surface area contributed by atoms with Crippen molar-refractivity contribution < 1.29 is 8.42 Å². The molecule has 0 atom stereocenters. The Morgan fingerprint density at radius 1 is 1.38 bits per heavy atom. The van der Waals surface area contributed by atoms with Crippen molar-refractivity contribution in [1.82, 2.24) is 4.72 Å². The smallest absolute Gasteiger partial charge is 0.211 e. The normalized spacial score (nSPS) is 17.6. The summed E-state index contributed by atoms with van der Waals surface area (Å²) in [7, 11) is -2.95. The van der Waals surface area contributed by atoms with Gasteiger partial charge in [-0.3, -0.25) is 0 Å². The molecule has 0 heterocycles. The Labute approximate surface area is 86.8 Å². The van der Waals surface area contributed by atoms with Gasteiger partial charge in [0.05, 0.1) is 5.75 Å². The summed E-state index contributed by atoms with van der Waals surface area (Å²) in [6.45, 7) is 2.53. The van der Waals surface area contributed by atoms with Gasteiger partial charge in [-0.1, -0.05) is 13.3 Å². The van der Waals surface area contributed by atoms with Gasteiger partial charge in [0.25, 0.3) is 0 Å². The van der Waals surface area contributed by atoms with Gasteiger partial charge >= 0.3 is 0 Å². The first-order valence-electron chi connectivity index (χ1n) is 4.61. The Morgan fingerprint density at radius 2 is 2.00 bits per heavy atom. The van der Waals surface area contributed by atoms with Crippen LogP contribution in [0.5, 0.6) is 0 Å². The molecule has 0 amide bonds. The zero-order valence-electron chi connectivity index (χ0n) is 7.95. The van der Waals surface area contributed by atoms with Gasteiger partial charge in [-0.25, -0.2) is 13.1 Å². The molecule has 0 radical (unpaired) electrons. The Bertz CT molecular complexity index is 224. The van der Waals surface area contributed by atoms with Gasteiger partial charge in [-0.05, 0) is 25.2 Å². The lowest BCUT2D eigenvalue weighted by molar-refractivity contribution is 0.316. The van der Waals surface area contributed by atoms with Crippen molar-refractivity contribution in [2.24, 2.45) is 5.92 Å². The van der Waals surface area contributed by atoms with E-state index < -0.39 is 10.0 Å². The molecule has 1 fully saturated rings. The number of sulfonamides is 1.